The van der Waals surface area contributed by atoms with Crippen molar-refractivity contribution in [1.82, 2.24) is 10.9 Å². The van der Waals surface area contributed by atoms with Gasteiger partial charge in [-0.2, -0.15) is 0 Å². The van der Waals surface area contributed by atoms with Crippen LogP contribution >= 0.6 is 15.9 Å². The van der Waals surface area contributed by atoms with Gasteiger partial charge >= 0.3 is 5.97 Å². The van der Waals surface area contributed by atoms with E-state index in [1.54, 1.807) is 25.1 Å². The third-order valence-corrected chi connectivity index (χ3v) is 2.99. The number of benzene rings is 1. The van der Waals surface area contributed by atoms with E-state index in [0.29, 0.717) is 15.8 Å². The fraction of sp³-hybridized carbons (Fsp3) is 0.214. The molecule has 0 atom stereocenters. The average molecular weight is 371 g/mol. The highest BCUT2D eigenvalue weighted by molar-refractivity contribution is 9.10. The van der Waals surface area contributed by atoms with Crippen LogP contribution in [0.25, 0.3) is 0 Å². The summed E-state index contributed by atoms with van der Waals surface area (Å²) in [5.41, 5.74) is 4.68. The summed E-state index contributed by atoms with van der Waals surface area (Å²) in [7, 11) is 1.51. The van der Waals surface area contributed by atoms with Gasteiger partial charge in [0.2, 0.25) is 0 Å². The quantitative estimate of drug-likeness (QED) is 0.463. The lowest BCUT2D eigenvalue weighted by Gasteiger charge is -2.07. The summed E-state index contributed by atoms with van der Waals surface area (Å²) in [5, 5.41) is 0. The Hall–Kier alpha value is -2.35. The molecular formula is C14H15BrN2O5. The third-order valence-electron chi connectivity index (χ3n) is 2.37. The largest absolute Gasteiger partial charge is 0.496 e. The van der Waals surface area contributed by atoms with Crippen LogP contribution < -0.4 is 15.6 Å². The number of hydrazine groups is 1. The monoisotopic (exact) mass is 370 g/mol. The molecule has 0 unspecified atom stereocenters. The number of carbonyl (C=O) groups is 3. The molecule has 0 bridgehead atoms. The van der Waals surface area contributed by atoms with Crippen LogP contribution in [0.4, 0.5) is 0 Å². The van der Waals surface area contributed by atoms with Gasteiger partial charge in [-0.25, -0.2) is 4.79 Å². The summed E-state index contributed by atoms with van der Waals surface area (Å²) >= 11 is 3.26. The van der Waals surface area contributed by atoms with Crippen molar-refractivity contribution in [3.8, 4) is 5.75 Å². The number of hydrogen-bond donors (Lipinski definition) is 2. The van der Waals surface area contributed by atoms with Gasteiger partial charge in [0.1, 0.15) is 5.75 Å². The highest BCUT2D eigenvalue weighted by atomic mass is 79.9. The Morgan fingerprint density at radius 2 is 1.95 bits per heavy atom. The van der Waals surface area contributed by atoms with Gasteiger partial charge in [0.15, 0.2) is 0 Å². The molecule has 1 aromatic rings. The normalized spacial score (nSPS) is 10.1. The van der Waals surface area contributed by atoms with Gasteiger partial charge in [-0.3, -0.25) is 20.4 Å². The summed E-state index contributed by atoms with van der Waals surface area (Å²) < 4.78 is 10.3. The Bertz CT molecular complexity index is 601. The van der Waals surface area contributed by atoms with Crippen molar-refractivity contribution < 1.29 is 23.9 Å². The lowest BCUT2D eigenvalue weighted by molar-refractivity contribution is -0.137. The highest BCUT2D eigenvalue weighted by Crippen LogP contribution is 2.25. The van der Waals surface area contributed by atoms with Crippen LogP contribution in [0.2, 0.25) is 0 Å². The van der Waals surface area contributed by atoms with E-state index in [2.05, 4.69) is 31.5 Å². The molecule has 0 aliphatic rings. The lowest BCUT2D eigenvalue weighted by Crippen LogP contribution is -2.40. The maximum Gasteiger partial charge on any atom is 0.330 e. The maximum atomic E-state index is 11.8. The van der Waals surface area contributed by atoms with Crippen LogP contribution in [0, 0.1) is 0 Å². The molecular weight excluding hydrogens is 356 g/mol. The van der Waals surface area contributed by atoms with E-state index in [1.807, 2.05) is 0 Å². The number of halogens is 1. The Morgan fingerprint density at radius 1 is 1.23 bits per heavy atom. The van der Waals surface area contributed by atoms with Gasteiger partial charge < -0.3 is 9.47 Å². The van der Waals surface area contributed by atoms with E-state index in [-0.39, 0.29) is 6.61 Å². The minimum Gasteiger partial charge on any atom is -0.496 e. The topological polar surface area (TPSA) is 93.7 Å². The molecule has 0 saturated heterocycles. The summed E-state index contributed by atoms with van der Waals surface area (Å²) in [6, 6.07) is 4.70. The standard InChI is InChI=1S/C14H15BrN2O5/c1-3-22-13(19)7-6-12(18)16-17-14(20)9-4-5-11(21-2)10(15)8-9/h4-8H,3H2,1-2H3,(H,16,18)(H,17,20)/b7-6+. The van der Waals surface area contributed by atoms with Gasteiger partial charge in [-0.15, -0.1) is 0 Å². The van der Waals surface area contributed by atoms with Gasteiger partial charge in [0, 0.05) is 17.7 Å². The summed E-state index contributed by atoms with van der Waals surface area (Å²) in [5.74, 6) is -1.23. The first-order valence-corrected chi connectivity index (χ1v) is 7.06. The Morgan fingerprint density at radius 3 is 2.55 bits per heavy atom. The lowest BCUT2D eigenvalue weighted by atomic mass is 10.2. The second-order valence-electron chi connectivity index (χ2n) is 3.88. The van der Waals surface area contributed by atoms with Gasteiger partial charge in [-0.1, -0.05) is 0 Å². The van der Waals surface area contributed by atoms with E-state index in [0.717, 1.165) is 12.2 Å². The number of ether oxygens (including phenoxy) is 2. The molecule has 2 N–H and O–H groups in total. The molecule has 2 amide bonds. The summed E-state index contributed by atoms with van der Waals surface area (Å²) in [4.78, 5) is 34.3. The van der Waals surface area contributed by atoms with Crippen LogP contribution in [0.5, 0.6) is 5.75 Å². The molecule has 0 aliphatic heterocycles. The Kier molecular flexibility index (Phi) is 7.11. The van der Waals surface area contributed by atoms with E-state index in [4.69, 9.17) is 4.74 Å². The fourth-order valence-electron chi connectivity index (χ4n) is 1.37. The fourth-order valence-corrected chi connectivity index (χ4v) is 1.91. The zero-order chi connectivity index (χ0) is 16.5. The van der Waals surface area contributed by atoms with E-state index < -0.39 is 17.8 Å². The van der Waals surface area contributed by atoms with Crippen LogP contribution in [0.15, 0.2) is 34.8 Å². The van der Waals surface area contributed by atoms with Crippen LogP contribution in [-0.2, 0) is 14.3 Å². The molecule has 0 saturated carbocycles. The molecule has 8 heteroatoms. The van der Waals surface area contributed by atoms with Crippen LogP contribution in [0.3, 0.4) is 0 Å². The molecule has 1 rings (SSSR count). The molecule has 1 aromatic carbocycles. The summed E-state index contributed by atoms with van der Waals surface area (Å²) in [6.45, 7) is 1.87. The SMILES string of the molecule is CCOC(=O)/C=C/C(=O)NNC(=O)c1ccc(OC)c(Br)c1. The maximum absolute atomic E-state index is 11.8. The van der Waals surface area contributed by atoms with Crippen LogP contribution in [-0.4, -0.2) is 31.5 Å². The molecule has 0 spiro atoms. The minimum atomic E-state index is -0.658. The van der Waals surface area contributed by atoms with Crippen LogP contribution in [0.1, 0.15) is 17.3 Å². The van der Waals surface area contributed by atoms with Crippen molar-refractivity contribution in [2.45, 2.75) is 6.92 Å². The van der Waals surface area contributed by atoms with Crippen molar-refractivity contribution in [2.24, 2.45) is 0 Å². The molecule has 0 aromatic heterocycles. The molecule has 0 heterocycles. The number of amides is 2. The third kappa shape index (κ3) is 5.57. The van der Waals surface area contributed by atoms with Gasteiger partial charge in [0.05, 0.1) is 18.2 Å². The predicted octanol–water partition coefficient (Wildman–Crippen LogP) is 1.34. The van der Waals surface area contributed by atoms with Gasteiger partial charge in [-0.05, 0) is 41.1 Å². The number of hydrogen-bond acceptors (Lipinski definition) is 5. The first-order chi connectivity index (χ1) is 10.5. The second-order valence-corrected chi connectivity index (χ2v) is 4.73. The summed E-state index contributed by atoms with van der Waals surface area (Å²) in [6.07, 6.45) is 1.93. The average Bonchev–Trinajstić information content (AvgIpc) is 2.50. The number of rotatable bonds is 5. The van der Waals surface area contributed by atoms with E-state index >= 15 is 0 Å². The zero-order valence-electron chi connectivity index (χ0n) is 12.0. The van der Waals surface area contributed by atoms with E-state index in [1.165, 1.54) is 7.11 Å². The van der Waals surface area contributed by atoms with Crippen molar-refractivity contribution >= 4 is 33.7 Å². The minimum absolute atomic E-state index is 0.216. The molecule has 118 valence electrons. The van der Waals surface area contributed by atoms with Gasteiger partial charge in [0.25, 0.3) is 11.8 Å². The van der Waals surface area contributed by atoms with Crippen molar-refractivity contribution in [2.75, 3.05) is 13.7 Å². The smallest absolute Gasteiger partial charge is 0.330 e. The number of carbonyl (C=O) groups excluding carboxylic acids is 3. The molecule has 22 heavy (non-hydrogen) atoms. The Balaban J connectivity index is 2.54. The van der Waals surface area contributed by atoms with Crippen molar-refractivity contribution in [1.29, 1.82) is 0 Å². The van der Waals surface area contributed by atoms with Crippen molar-refractivity contribution in [3.05, 3.63) is 40.4 Å². The molecule has 0 radical (unpaired) electrons. The number of methoxy groups -OCH3 is 1. The van der Waals surface area contributed by atoms with E-state index in [9.17, 15) is 14.4 Å². The Labute approximate surface area is 135 Å². The number of nitrogens with one attached hydrogen (secondary N) is 2. The number of esters is 1. The second kappa shape index (κ2) is 8.83. The molecule has 0 fully saturated rings. The zero-order valence-corrected chi connectivity index (χ0v) is 13.6. The molecule has 7 nitrogen and oxygen atoms in total. The molecule has 0 aliphatic carbocycles. The first-order valence-electron chi connectivity index (χ1n) is 6.26. The predicted molar refractivity (Wildman–Crippen MR) is 82.1 cm³/mol. The van der Waals surface area contributed by atoms with Crippen molar-refractivity contribution in [3.63, 3.8) is 0 Å². The highest BCUT2D eigenvalue weighted by Gasteiger charge is 2.09. The first kappa shape index (κ1) is 17.7.